The van der Waals surface area contributed by atoms with E-state index in [9.17, 15) is 26.4 Å². The van der Waals surface area contributed by atoms with Crippen LogP contribution in [-0.2, 0) is 16.0 Å². The van der Waals surface area contributed by atoms with Crippen molar-refractivity contribution in [3.8, 4) is 22.4 Å². The average Bonchev–Trinajstić information content (AvgIpc) is 3.33. The van der Waals surface area contributed by atoms with Crippen LogP contribution < -0.4 is 5.32 Å². The van der Waals surface area contributed by atoms with Crippen molar-refractivity contribution in [1.29, 1.82) is 0 Å². The number of sulfone groups is 1. The van der Waals surface area contributed by atoms with Gasteiger partial charge in [-0.05, 0) is 65.7 Å². The zero-order valence-corrected chi connectivity index (χ0v) is 19.6. The number of hydrogen-bond donors (Lipinski definition) is 2. The van der Waals surface area contributed by atoms with E-state index in [0.29, 0.717) is 22.0 Å². The van der Waals surface area contributed by atoms with Crippen LogP contribution in [-0.4, -0.2) is 30.8 Å². The molecule has 0 saturated heterocycles. The Balaban J connectivity index is 1.78. The summed E-state index contributed by atoms with van der Waals surface area (Å²) in [4.78, 5) is 13.1. The maximum absolute atomic E-state index is 13.3. The number of hydrogen-bond acceptors (Lipinski definition) is 4. The molecular formula is C24H17ClF3N3O3S. The number of rotatable bonds is 5. The van der Waals surface area contributed by atoms with Crippen molar-refractivity contribution < 1.29 is 26.4 Å². The van der Waals surface area contributed by atoms with Gasteiger partial charge in [0.05, 0.1) is 21.2 Å². The summed E-state index contributed by atoms with van der Waals surface area (Å²) in [5.41, 5.74) is 0.721. The summed E-state index contributed by atoms with van der Waals surface area (Å²) in [6.45, 7) is 0. The summed E-state index contributed by atoms with van der Waals surface area (Å²) in [6, 6.07) is 14.5. The zero-order valence-electron chi connectivity index (χ0n) is 18.0. The molecule has 4 rings (SSSR count). The largest absolute Gasteiger partial charge is 0.416 e. The number of amides is 1. The van der Waals surface area contributed by atoms with Gasteiger partial charge in [0.15, 0.2) is 9.84 Å². The molecule has 1 aromatic heterocycles. The Kier molecular flexibility index (Phi) is 6.44. The molecule has 0 spiro atoms. The first-order valence-corrected chi connectivity index (χ1v) is 12.3. The first kappa shape index (κ1) is 24.5. The average molecular weight is 520 g/mol. The van der Waals surface area contributed by atoms with Crippen LogP contribution in [0.3, 0.4) is 0 Å². The van der Waals surface area contributed by atoms with E-state index in [2.05, 4.69) is 15.5 Å². The molecular weight excluding hydrogens is 503 g/mol. The number of alkyl halides is 3. The van der Waals surface area contributed by atoms with Gasteiger partial charge in [0.25, 0.3) is 5.91 Å². The van der Waals surface area contributed by atoms with Gasteiger partial charge in [-0.15, -0.1) is 0 Å². The van der Waals surface area contributed by atoms with E-state index in [1.807, 2.05) is 0 Å². The number of nitrogens with zero attached hydrogens (tertiary/aromatic N) is 1. The van der Waals surface area contributed by atoms with Crippen LogP contribution in [0.25, 0.3) is 22.4 Å². The minimum atomic E-state index is -4.61. The Labute approximate surface area is 203 Å². The van der Waals surface area contributed by atoms with Crippen molar-refractivity contribution in [3.63, 3.8) is 0 Å². The fraction of sp³-hybridized carbons (Fsp3) is 0.0833. The number of benzene rings is 3. The van der Waals surface area contributed by atoms with Gasteiger partial charge in [0, 0.05) is 29.3 Å². The number of nitrogens with one attached hydrogen (secondary N) is 2. The van der Waals surface area contributed by atoms with E-state index in [-0.39, 0.29) is 21.6 Å². The lowest BCUT2D eigenvalue weighted by Crippen LogP contribution is -2.14. The van der Waals surface area contributed by atoms with Crippen LogP contribution in [0.2, 0.25) is 5.02 Å². The predicted molar refractivity (Wildman–Crippen MR) is 127 cm³/mol. The van der Waals surface area contributed by atoms with Crippen molar-refractivity contribution in [2.75, 3.05) is 11.6 Å². The summed E-state index contributed by atoms with van der Waals surface area (Å²) in [6.07, 6.45) is -2.09. The number of carbonyl (C=O) groups excluding carboxylic acids is 1. The van der Waals surface area contributed by atoms with Crippen LogP contribution >= 0.6 is 11.6 Å². The molecule has 0 bridgehead atoms. The Hall–Kier alpha value is -3.63. The second-order valence-corrected chi connectivity index (χ2v) is 10.1. The van der Waals surface area contributed by atoms with E-state index < -0.39 is 27.5 Å². The first-order valence-electron chi connectivity index (χ1n) is 10.1. The number of halogens is 4. The molecule has 180 valence electrons. The molecule has 35 heavy (non-hydrogen) atoms. The summed E-state index contributed by atoms with van der Waals surface area (Å²) in [5, 5.41) is 9.76. The van der Waals surface area contributed by atoms with E-state index in [0.717, 1.165) is 18.4 Å². The summed E-state index contributed by atoms with van der Waals surface area (Å²) in [5.74, 6) is -0.643. The third-order valence-corrected chi connectivity index (χ3v) is 6.62. The molecule has 0 aliphatic carbocycles. The van der Waals surface area contributed by atoms with E-state index in [1.165, 1.54) is 30.3 Å². The fourth-order valence-corrected chi connectivity index (χ4v) is 4.33. The zero-order chi connectivity index (χ0) is 25.4. The lowest BCUT2D eigenvalue weighted by atomic mass is 9.97. The maximum atomic E-state index is 13.3. The normalized spacial score (nSPS) is 11.9. The van der Waals surface area contributed by atoms with Crippen molar-refractivity contribution in [1.82, 2.24) is 10.2 Å². The molecule has 2 N–H and O–H groups in total. The quantitative estimate of drug-likeness (QED) is 0.334. The SMILES string of the molecule is CS(=O)(=O)c1ccc(C(=O)Nc2ccc(Cl)c(-c3ccn[nH]3)c2)c(-c2cccc(C(F)(F)F)c2)c1. The number of H-pyrrole nitrogens is 1. The number of aromatic nitrogens is 2. The lowest BCUT2D eigenvalue weighted by molar-refractivity contribution is -0.137. The number of anilines is 1. The van der Waals surface area contributed by atoms with Gasteiger partial charge in [0.2, 0.25) is 0 Å². The second kappa shape index (κ2) is 9.20. The van der Waals surface area contributed by atoms with Crippen molar-refractivity contribution >= 4 is 33.0 Å². The van der Waals surface area contributed by atoms with Crippen molar-refractivity contribution in [2.24, 2.45) is 0 Å². The number of aromatic amines is 1. The third-order valence-electron chi connectivity index (χ3n) is 5.18. The molecule has 0 saturated carbocycles. The smallest absolute Gasteiger partial charge is 0.322 e. The molecule has 0 fully saturated rings. The highest BCUT2D eigenvalue weighted by Crippen LogP contribution is 2.35. The van der Waals surface area contributed by atoms with Gasteiger partial charge < -0.3 is 5.32 Å². The molecule has 0 atom stereocenters. The Morgan fingerprint density at radius 3 is 2.43 bits per heavy atom. The summed E-state index contributed by atoms with van der Waals surface area (Å²) in [7, 11) is -3.69. The van der Waals surface area contributed by atoms with E-state index in [4.69, 9.17) is 11.6 Å². The summed E-state index contributed by atoms with van der Waals surface area (Å²) >= 11 is 6.25. The molecule has 4 aromatic rings. The Morgan fingerprint density at radius 2 is 1.77 bits per heavy atom. The standard InChI is InChI=1S/C24H17ClF3N3O3S/c1-35(33,34)17-6-7-18(19(13-17)14-3-2-4-15(11-14)24(26,27)28)23(32)30-16-5-8-21(25)20(12-16)22-9-10-29-31-22/h2-13H,1H3,(H,29,31)(H,30,32). The topological polar surface area (TPSA) is 91.9 Å². The molecule has 0 aliphatic heterocycles. The van der Waals surface area contributed by atoms with Gasteiger partial charge >= 0.3 is 6.18 Å². The highest BCUT2D eigenvalue weighted by Gasteiger charge is 2.31. The summed E-state index contributed by atoms with van der Waals surface area (Å²) < 4.78 is 64.1. The van der Waals surface area contributed by atoms with Gasteiger partial charge in [-0.2, -0.15) is 18.3 Å². The highest BCUT2D eigenvalue weighted by molar-refractivity contribution is 7.90. The molecule has 1 heterocycles. The monoisotopic (exact) mass is 519 g/mol. The molecule has 0 aliphatic rings. The van der Waals surface area contributed by atoms with Gasteiger partial charge in [-0.3, -0.25) is 9.89 Å². The Bertz CT molecular complexity index is 1520. The fourth-order valence-electron chi connectivity index (χ4n) is 3.47. The van der Waals surface area contributed by atoms with Gasteiger partial charge in [-0.1, -0.05) is 23.7 Å². The van der Waals surface area contributed by atoms with Crippen LogP contribution in [0.15, 0.2) is 77.8 Å². The van der Waals surface area contributed by atoms with E-state index >= 15 is 0 Å². The third kappa shape index (κ3) is 5.39. The second-order valence-electron chi connectivity index (χ2n) is 7.68. The van der Waals surface area contributed by atoms with Gasteiger partial charge in [0.1, 0.15) is 0 Å². The van der Waals surface area contributed by atoms with Crippen molar-refractivity contribution in [2.45, 2.75) is 11.1 Å². The number of carbonyl (C=O) groups is 1. The molecule has 0 radical (unpaired) electrons. The lowest BCUT2D eigenvalue weighted by Gasteiger charge is -2.14. The van der Waals surface area contributed by atoms with E-state index in [1.54, 1.807) is 30.5 Å². The van der Waals surface area contributed by atoms with Crippen LogP contribution in [0.4, 0.5) is 18.9 Å². The minimum absolute atomic E-state index is 0.00485. The maximum Gasteiger partial charge on any atom is 0.416 e. The van der Waals surface area contributed by atoms with Gasteiger partial charge in [-0.25, -0.2) is 8.42 Å². The highest BCUT2D eigenvalue weighted by atomic mass is 35.5. The molecule has 1 amide bonds. The minimum Gasteiger partial charge on any atom is -0.322 e. The molecule has 3 aromatic carbocycles. The predicted octanol–water partition coefficient (Wildman–Crippen LogP) is 6.07. The van der Waals surface area contributed by atoms with Crippen LogP contribution in [0.5, 0.6) is 0 Å². The molecule has 11 heteroatoms. The molecule has 6 nitrogen and oxygen atoms in total. The first-order chi connectivity index (χ1) is 16.4. The van der Waals surface area contributed by atoms with Crippen LogP contribution in [0.1, 0.15) is 15.9 Å². The Morgan fingerprint density at radius 1 is 1.00 bits per heavy atom. The van der Waals surface area contributed by atoms with Crippen molar-refractivity contribution in [3.05, 3.63) is 89.1 Å². The molecule has 0 unspecified atom stereocenters. The van der Waals surface area contributed by atoms with Crippen LogP contribution in [0, 0.1) is 0 Å².